The Kier molecular flexibility index (Phi) is 5.97. The van der Waals surface area contributed by atoms with Gasteiger partial charge in [-0.25, -0.2) is 4.79 Å². The molecule has 0 atom stereocenters. The van der Waals surface area contributed by atoms with Gasteiger partial charge < -0.3 is 16.0 Å². The minimum Gasteiger partial charge on any atom is -0.334 e. The molecule has 5 nitrogen and oxygen atoms in total. The van der Waals surface area contributed by atoms with Crippen molar-refractivity contribution in [3.05, 3.63) is 64.6 Å². The molecule has 0 fully saturated rings. The van der Waals surface area contributed by atoms with Gasteiger partial charge in [0.15, 0.2) is 0 Å². The van der Waals surface area contributed by atoms with E-state index in [1.807, 2.05) is 42.5 Å². The van der Waals surface area contributed by atoms with Crippen molar-refractivity contribution in [1.82, 2.24) is 10.6 Å². The van der Waals surface area contributed by atoms with Crippen LogP contribution in [0.15, 0.2) is 59.1 Å². The highest BCUT2D eigenvalue weighted by molar-refractivity contribution is 9.10. The van der Waals surface area contributed by atoms with Crippen LogP contribution in [0, 0.1) is 0 Å². The molecule has 6 heteroatoms. The summed E-state index contributed by atoms with van der Waals surface area (Å²) in [5.41, 5.74) is 1.68. The van der Waals surface area contributed by atoms with Crippen LogP contribution in [-0.4, -0.2) is 18.5 Å². The number of carbonyl (C=O) groups excluding carboxylic acids is 2. The lowest BCUT2D eigenvalue weighted by molar-refractivity contribution is -0.115. The summed E-state index contributed by atoms with van der Waals surface area (Å²) in [6.45, 7) is 0.331. The lowest BCUT2D eigenvalue weighted by atomic mass is 10.2. The fraction of sp³-hybridized carbons (Fsp3) is 0.125. The molecule has 0 heterocycles. The largest absolute Gasteiger partial charge is 0.334 e. The summed E-state index contributed by atoms with van der Waals surface area (Å²) >= 11 is 3.32. The molecule has 0 radical (unpaired) electrons. The first-order chi connectivity index (χ1) is 10.6. The maximum absolute atomic E-state index is 11.7. The lowest BCUT2D eigenvalue weighted by Crippen LogP contribution is -2.39. The minimum absolute atomic E-state index is 0.0866. The van der Waals surface area contributed by atoms with Gasteiger partial charge in [0.1, 0.15) is 0 Å². The van der Waals surface area contributed by atoms with Crippen LogP contribution in [0.5, 0.6) is 0 Å². The Balaban J connectivity index is 1.69. The molecule has 2 aromatic carbocycles. The molecule has 0 spiro atoms. The zero-order chi connectivity index (χ0) is 15.8. The van der Waals surface area contributed by atoms with Gasteiger partial charge in [0.05, 0.1) is 6.54 Å². The molecule has 22 heavy (non-hydrogen) atoms. The van der Waals surface area contributed by atoms with E-state index in [1.54, 1.807) is 12.1 Å². The Hall–Kier alpha value is -2.34. The monoisotopic (exact) mass is 361 g/mol. The van der Waals surface area contributed by atoms with Gasteiger partial charge in [0, 0.05) is 16.7 Å². The van der Waals surface area contributed by atoms with Crippen LogP contribution in [-0.2, 0) is 11.3 Å². The maximum atomic E-state index is 11.7. The number of carbonyl (C=O) groups is 2. The Morgan fingerprint density at radius 1 is 0.909 bits per heavy atom. The molecule has 0 saturated carbocycles. The van der Waals surface area contributed by atoms with Gasteiger partial charge in [-0.1, -0.05) is 46.3 Å². The normalized spacial score (nSPS) is 9.86. The van der Waals surface area contributed by atoms with Gasteiger partial charge in [0.25, 0.3) is 0 Å². The van der Waals surface area contributed by atoms with Gasteiger partial charge in [-0.3, -0.25) is 4.79 Å². The average Bonchev–Trinajstić information content (AvgIpc) is 2.54. The van der Waals surface area contributed by atoms with Crippen LogP contribution in [0.2, 0.25) is 0 Å². The van der Waals surface area contributed by atoms with E-state index in [4.69, 9.17) is 0 Å². The summed E-state index contributed by atoms with van der Waals surface area (Å²) in [7, 11) is 0. The lowest BCUT2D eigenvalue weighted by Gasteiger charge is -2.08. The maximum Gasteiger partial charge on any atom is 0.315 e. The van der Waals surface area contributed by atoms with E-state index in [0.717, 1.165) is 10.0 Å². The van der Waals surface area contributed by atoms with Gasteiger partial charge in [-0.15, -0.1) is 0 Å². The predicted octanol–water partition coefficient (Wildman–Crippen LogP) is 2.89. The van der Waals surface area contributed by atoms with Crippen LogP contribution in [0.3, 0.4) is 0 Å². The molecule has 2 aromatic rings. The van der Waals surface area contributed by atoms with Gasteiger partial charge >= 0.3 is 6.03 Å². The van der Waals surface area contributed by atoms with Crippen LogP contribution in [0.1, 0.15) is 5.56 Å². The first-order valence-corrected chi connectivity index (χ1v) is 7.54. The third kappa shape index (κ3) is 5.57. The van der Waals surface area contributed by atoms with Crippen molar-refractivity contribution in [3.63, 3.8) is 0 Å². The molecule has 0 unspecified atom stereocenters. The van der Waals surface area contributed by atoms with Gasteiger partial charge in [0.2, 0.25) is 5.91 Å². The topological polar surface area (TPSA) is 70.2 Å². The number of hydrogen-bond acceptors (Lipinski definition) is 2. The van der Waals surface area contributed by atoms with E-state index in [9.17, 15) is 9.59 Å². The van der Waals surface area contributed by atoms with Crippen LogP contribution in [0.4, 0.5) is 10.5 Å². The second-order valence-electron chi connectivity index (χ2n) is 4.58. The first-order valence-electron chi connectivity index (χ1n) is 6.74. The number of rotatable bonds is 5. The number of hydrogen-bond donors (Lipinski definition) is 3. The molecule has 0 aliphatic carbocycles. The highest BCUT2D eigenvalue weighted by Crippen LogP contribution is 2.13. The average molecular weight is 362 g/mol. The van der Waals surface area contributed by atoms with E-state index in [2.05, 4.69) is 31.9 Å². The molecule has 114 valence electrons. The number of benzene rings is 2. The van der Waals surface area contributed by atoms with E-state index < -0.39 is 0 Å². The second-order valence-corrected chi connectivity index (χ2v) is 5.49. The molecule has 0 aliphatic rings. The van der Waals surface area contributed by atoms with Crippen molar-refractivity contribution in [3.8, 4) is 0 Å². The van der Waals surface area contributed by atoms with Crippen LogP contribution in [0.25, 0.3) is 0 Å². The molecular formula is C16H16BrN3O2. The number of urea groups is 1. The van der Waals surface area contributed by atoms with Crippen molar-refractivity contribution < 1.29 is 9.59 Å². The third-order valence-electron chi connectivity index (χ3n) is 2.83. The number of anilines is 1. The van der Waals surface area contributed by atoms with Crippen molar-refractivity contribution in [2.45, 2.75) is 6.54 Å². The van der Waals surface area contributed by atoms with Crippen molar-refractivity contribution in [2.75, 3.05) is 11.9 Å². The quantitative estimate of drug-likeness (QED) is 0.766. The van der Waals surface area contributed by atoms with E-state index in [0.29, 0.717) is 12.2 Å². The van der Waals surface area contributed by atoms with Crippen molar-refractivity contribution in [2.24, 2.45) is 0 Å². The van der Waals surface area contributed by atoms with Crippen molar-refractivity contribution in [1.29, 1.82) is 0 Å². The van der Waals surface area contributed by atoms with Crippen LogP contribution < -0.4 is 16.0 Å². The fourth-order valence-electron chi connectivity index (χ4n) is 1.74. The molecular weight excluding hydrogens is 346 g/mol. The van der Waals surface area contributed by atoms with E-state index in [1.165, 1.54) is 0 Å². The predicted molar refractivity (Wildman–Crippen MR) is 89.5 cm³/mol. The molecule has 3 N–H and O–H groups in total. The first kappa shape index (κ1) is 16.0. The molecule has 2 rings (SSSR count). The minimum atomic E-state index is -0.380. The molecule has 0 aromatic heterocycles. The summed E-state index contributed by atoms with van der Waals surface area (Å²) in [5.74, 6) is -0.280. The Morgan fingerprint density at radius 3 is 2.27 bits per heavy atom. The van der Waals surface area contributed by atoms with Crippen molar-refractivity contribution >= 4 is 33.6 Å². The summed E-state index contributed by atoms with van der Waals surface area (Å²) in [6.07, 6.45) is 0. The molecule has 0 aliphatic heterocycles. The van der Waals surface area contributed by atoms with E-state index in [-0.39, 0.29) is 18.5 Å². The van der Waals surface area contributed by atoms with Gasteiger partial charge in [-0.05, 0) is 29.8 Å². The zero-order valence-corrected chi connectivity index (χ0v) is 13.4. The highest BCUT2D eigenvalue weighted by atomic mass is 79.9. The second kappa shape index (κ2) is 8.19. The molecule has 0 bridgehead atoms. The zero-order valence-electron chi connectivity index (χ0n) is 11.8. The Morgan fingerprint density at radius 2 is 1.59 bits per heavy atom. The summed E-state index contributed by atoms with van der Waals surface area (Å²) in [5, 5.41) is 7.90. The number of nitrogens with one attached hydrogen (secondary N) is 3. The molecule has 3 amide bonds. The fourth-order valence-corrected chi connectivity index (χ4v) is 2.00. The Labute approximate surface area is 137 Å². The smallest absolute Gasteiger partial charge is 0.315 e. The van der Waals surface area contributed by atoms with E-state index >= 15 is 0 Å². The van der Waals surface area contributed by atoms with Crippen LogP contribution >= 0.6 is 15.9 Å². The summed E-state index contributed by atoms with van der Waals surface area (Å²) in [6, 6.07) is 16.4. The summed E-state index contributed by atoms with van der Waals surface area (Å²) in [4.78, 5) is 23.3. The Bertz CT molecular complexity index is 630. The highest BCUT2D eigenvalue weighted by Gasteiger charge is 2.05. The standard InChI is InChI=1S/C16H16BrN3O2/c17-13-6-8-14(9-7-13)20-15(21)11-19-16(22)18-10-12-4-2-1-3-5-12/h1-9H,10-11H2,(H,20,21)(H2,18,19,22). The molecule has 0 saturated heterocycles. The third-order valence-corrected chi connectivity index (χ3v) is 3.36. The number of halogens is 1. The SMILES string of the molecule is O=C(CNC(=O)NCc1ccccc1)Nc1ccc(Br)cc1. The number of amides is 3. The van der Waals surface area contributed by atoms with Gasteiger partial charge in [-0.2, -0.15) is 0 Å². The summed E-state index contributed by atoms with van der Waals surface area (Å²) < 4.78 is 0.934.